The van der Waals surface area contributed by atoms with Gasteiger partial charge in [0.15, 0.2) is 0 Å². The average molecular weight is 300 g/mol. The van der Waals surface area contributed by atoms with E-state index < -0.39 is 17.8 Å². The Balaban J connectivity index is 2.09. The first-order chi connectivity index (χ1) is 9.93. The first-order valence-corrected chi connectivity index (χ1v) is 7.70. The Morgan fingerprint density at radius 3 is 2.52 bits per heavy atom. The van der Waals surface area contributed by atoms with E-state index in [1.165, 1.54) is 25.2 Å². The van der Waals surface area contributed by atoms with Crippen LogP contribution in [0.15, 0.2) is 18.5 Å². The van der Waals surface area contributed by atoms with Gasteiger partial charge in [-0.1, -0.05) is 32.6 Å². The topological polar surface area (TPSA) is 38.9 Å². The molecule has 2 N–H and O–H groups in total. The second-order valence-corrected chi connectivity index (χ2v) is 6.06. The molecule has 0 spiro atoms. The SMILES string of the molecule is CCCC1CCC(C(N)c2cnccc2C(F)(F)F)CC1. The van der Waals surface area contributed by atoms with E-state index in [0.717, 1.165) is 37.7 Å². The molecule has 1 saturated carbocycles. The van der Waals surface area contributed by atoms with Gasteiger partial charge in [-0.3, -0.25) is 4.98 Å². The summed E-state index contributed by atoms with van der Waals surface area (Å²) in [6, 6.07) is 0.454. The van der Waals surface area contributed by atoms with Crippen molar-refractivity contribution in [2.24, 2.45) is 17.6 Å². The van der Waals surface area contributed by atoms with E-state index in [1.54, 1.807) is 0 Å². The molecule has 1 aliphatic carbocycles. The van der Waals surface area contributed by atoms with Crippen LogP contribution in [-0.2, 0) is 6.18 Å². The third-order valence-electron chi connectivity index (χ3n) is 4.61. The monoisotopic (exact) mass is 300 g/mol. The Morgan fingerprint density at radius 1 is 1.29 bits per heavy atom. The quantitative estimate of drug-likeness (QED) is 0.874. The van der Waals surface area contributed by atoms with Crippen molar-refractivity contribution in [2.75, 3.05) is 0 Å². The number of hydrogen-bond acceptors (Lipinski definition) is 2. The van der Waals surface area contributed by atoms with Crippen LogP contribution in [0.2, 0.25) is 0 Å². The van der Waals surface area contributed by atoms with Crippen LogP contribution in [0.3, 0.4) is 0 Å². The lowest BCUT2D eigenvalue weighted by atomic mass is 9.75. The zero-order valence-corrected chi connectivity index (χ0v) is 12.4. The average Bonchev–Trinajstić information content (AvgIpc) is 2.47. The highest BCUT2D eigenvalue weighted by molar-refractivity contribution is 5.29. The highest BCUT2D eigenvalue weighted by Crippen LogP contribution is 2.40. The van der Waals surface area contributed by atoms with Crippen molar-refractivity contribution in [3.63, 3.8) is 0 Å². The van der Waals surface area contributed by atoms with Gasteiger partial charge in [0, 0.05) is 18.4 Å². The number of rotatable bonds is 4. The van der Waals surface area contributed by atoms with E-state index in [-0.39, 0.29) is 11.5 Å². The highest BCUT2D eigenvalue weighted by Gasteiger charge is 2.36. The smallest absolute Gasteiger partial charge is 0.324 e. The van der Waals surface area contributed by atoms with Crippen LogP contribution in [0.5, 0.6) is 0 Å². The molecule has 1 aromatic rings. The van der Waals surface area contributed by atoms with Gasteiger partial charge in [0.2, 0.25) is 0 Å². The van der Waals surface area contributed by atoms with E-state index in [4.69, 9.17) is 5.73 Å². The number of nitrogens with two attached hydrogens (primary N) is 1. The molecule has 5 heteroatoms. The summed E-state index contributed by atoms with van der Waals surface area (Å²) in [7, 11) is 0. The van der Waals surface area contributed by atoms with E-state index in [9.17, 15) is 13.2 Å². The van der Waals surface area contributed by atoms with Gasteiger partial charge < -0.3 is 5.73 Å². The summed E-state index contributed by atoms with van der Waals surface area (Å²) in [6.07, 6.45) is 4.46. The zero-order valence-electron chi connectivity index (χ0n) is 12.4. The first-order valence-electron chi connectivity index (χ1n) is 7.70. The summed E-state index contributed by atoms with van der Waals surface area (Å²) in [6.45, 7) is 2.17. The Kier molecular flexibility index (Phi) is 5.25. The molecule has 1 unspecified atom stereocenters. The molecule has 1 heterocycles. The number of pyridine rings is 1. The third kappa shape index (κ3) is 3.96. The second-order valence-electron chi connectivity index (χ2n) is 6.06. The van der Waals surface area contributed by atoms with Gasteiger partial charge in [-0.25, -0.2) is 0 Å². The van der Waals surface area contributed by atoms with E-state index in [2.05, 4.69) is 11.9 Å². The predicted molar refractivity (Wildman–Crippen MR) is 76.5 cm³/mol. The molecule has 1 aromatic heterocycles. The molecule has 118 valence electrons. The van der Waals surface area contributed by atoms with Crippen LogP contribution in [-0.4, -0.2) is 4.98 Å². The standard InChI is InChI=1S/C16H23F3N2/c1-2-3-11-4-6-12(7-5-11)15(20)13-10-21-9-8-14(13)16(17,18)19/h8-12,15H,2-7,20H2,1H3. The molecule has 0 amide bonds. The van der Waals surface area contributed by atoms with Crippen molar-refractivity contribution in [1.29, 1.82) is 0 Å². The zero-order chi connectivity index (χ0) is 15.5. The van der Waals surface area contributed by atoms with Crippen molar-refractivity contribution < 1.29 is 13.2 Å². The molecule has 1 fully saturated rings. The lowest BCUT2D eigenvalue weighted by Gasteiger charge is -2.33. The van der Waals surface area contributed by atoms with Gasteiger partial charge in [-0.2, -0.15) is 13.2 Å². The largest absolute Gasteiger partial charge is 0.416 e. The summed E-state index contributed by atoms with van der Waals surface area (Å²) in [5.74, 6) is 0.845. The molecule has 0 saturated heterocycles. The Labute approximate surface area is 123 Å². The van der Waals surface area contributed by atoms with Gasteiger partial charge in [0.1, 0.15) is 0 Å². The van der Waals surface area contributed by atoms with Crippen LogP contribution < -0.4 is 5.73 Å². The van der Waals surface area contributed by atoms with Gasteiger partial charge in [-0.05, 0) is 36.3 Å². The van der Waals surface area contributed by atoms with E-state index >= 15 is 0 Å². The van der Waals surface area contributed by atoms with Crippen molar-refractivity contribution in [3.8, 4) is 0 Å². The van der Waals surface area contributed by atoms with Crippen molar-refractivity contribution in [1.82, 2.24) is 4.98 Å². The van der Waals surface area contributed by atoms with Crippen LogP contribution >= 0.6 is 0 Å². The van der Waals surface area contributed by atoms with E-state index in [1.807, 2.05) is 0 Å². The lowest BCUT2D eigenvalue weighted by Crippen LogP contribution is -2.28. The maximum Gasteiger partial charge on any atom is 0.416 e. The van der Waals surface area contributed by atoms with Crippen LogP contribution in [0.25, 0.3) is 0 Å². The number of hydrogen-bond donors (Lipinski definition) is 1. The molecule has 0 radical (unpaired) electrons. The number of aromatic nitrogens is 1. The molecule has 0 aliphatic heterocycles. The molecule has 2 rings (SSSR count). The molecule has 2 nitrogen and oxygen atoms in total. The minimum absolute atomic E-state index is 0.128. The predicted octanol–water partition coefficient (Wildman–Crippen LogP) is 4.71. The molecule has 1 aliphatic rings. The fraction of sp³-hybridized carbons (Fsp3) is 0.688. The van der Waals surface area contributed by atoms with Crippen LogP contribution in [0, 0.1) is 11.8 Å². The second kappa shape index (κ2) is 6.77. The van der Waals surface area contributed by atoms with Crippen molar-refractivity contribution >= 4 is 0 Å². The normalized spacial score (nSPS) is 24.8. The number of nitrogens with zero attached hydrogens (tertiary/aromatic N) is 1. The Hall–Kier alpha value is -1.10. The summed E-state index contributed by atoms with van der Waals surface area (Å²) in [4.78, 5) is 3.84. The van der Waals surface area contributed by atoms with Gasteiger partial charge in [0.05, 0.1) is 5.56 Å². The summed E-state index contributed by atoms with van der Waals surface area (Å²) in [5, 5.41) is 0. The molecule has 21 heavy (non-hydrogen) atoms. The van der Waals surface area contributed by atoms with Crippen LogP contribution in [0.4, 0.5) is 13.2 Å². The number of halogens is 3. The summed E-state index contributed by atoms with van der Waals surface area (Å²) >= 11 is 0. The van der Waals surface area contributed by atoms with Crippen molar-refractivity contribution in [3.05, 3.63) is 29.6 Å². The minimum atomic E-state index is -4.37. The number of alkyl halides is 3. The maximum absolute atomic E-state index is 13.1. The Bertz CT molecular complexity index is 451. The first kappa shape index (κ1) is 16.3. The molecular weight excluding hydrogens is 277 g/mol. The van der Waals surface area contributed by atoms with Gasteiger partial charge in [0.25, 0.3) is 0 Å². The highest BCUT2D eigenvalue weighted by atomic mass is 19.4. The van der Waals surface area contributed by atoms with E-state index in [0.29, 0.717) is 0 Å². The third-order valence-corrected chi connectivity index (χ3v) is 4.61. The molecule has 1 atom stereocenters. The van der Waals surface area contributed by atoms with Gasteiger partial charge >= 0.3 is 6.18 Å². The van der Waals surface area contributed by atoms with Crippen molar-refractivity contribution in [2.45, 2.75) is 57.7 Å². The fourth-order valence-corrected chi connectivity index (χ4v) is 3.43. The lowest BCUT2D eigenvalue weighted by molar-refractivity contribution is -0.138. The molecule has 0 aromatic carbocycles. The molecule has 0 bridgehead atoms. The summed E-state index contributed by atoms with van der Waals surface area (Å²) in [5.41, 5.74) is 5.65. The molecular formula is C16H23F3N2. The maximum atomic E-state index is 13.1. The summed E-state index contributed by atoms with van der Waals surface area (Å²) < 4.78 is 39.2. The van der Waals surface area contributed by atoms with Gasteiger partial charge in [-0.15, -0.1) is 0 Å². The fourth-order valence-electron chi connectivity index (χ4n) is 3.43. The minimum Gasteiger partial charge on any atom is -0.324 e. The Morgan fingerprint density at radius 2 is 1.95 bits per heavy atom. The van der Waals surface area contributed by atoms with Crippen LogP contribution in [0.1, 0.15) is 62.6 Å².